The molecule has 0 aliphatic carbocycles. The molecule has 7 heteroatoms. The highest BCUT2D eigenvalue weighted by Gasteiger charge is 2.16. The normalized spacial score (nSPS) is 10.5. The molecular weight excluding hydrogens is 327 g/mol. The van der Waals surface area contributed by atoms with Gasteiger partial charge >= 0.3 is 0 Å². The molecule has 0 atom stereocenters. The lowest BCUT2D eigenvalue weighted by Crippen LogP contribution is -2.31. The molecule has 0 N–H and O–H groups in total. The van der Waals surface area contributed by atoms with Crippen molar-refractivity contribution in [2.75, 3.05) is 12.8 Å². The summed E-state index contributed by atoms with van der Waals surface area (Å²) in [5, 5.41) is 12.2. The van der Waals surface area contributed by atoms with E-state index in [9.17, 15) is 14.4 Å². The standard InChI is InChI=1S/C15H14ClFN2O2S/c1-18(9-11-12(16)5-4-6-13(11)17)14(20)10-22-15-7-2-3-8-19(15)21/h2-8H,9-10H2,1H3. The number of amides is 1. The molecule has 2 aromatic rings. The zero-order chi connectivity index (χ0) is 16.1. The first kappa shape index (κ1) is 16.6. The maximum absolute atomic E-state index is 13.7. The largest absolute Gasteiger partial charge is 0.618 e. The second-order valence-electron chi connectivity index (χ2n) is 4.60. The van der Waals surface area contributed by atoms with Gasteiger partial charge in [0, 0.05) is 36.3 Å². The summed E-state index contributed by atoms with van der Waals surface area (Å²) in [4.78, 5) is 13.5. The van der Waals surface area contributed by atoms with Crippen LogP contribution in [0.3, 0.4) is 0 Å². The molecule has 1 amide bonds. The highest BCUT2D eigenvalue weighted by molar-refractivity contribution is 7.99. The van der Waals surface area contributed by atoms with E-state index in [-0.39, 0.29) is 28.8 Å². The number of benzene rings is 1. The van der Waals surface area contributed by atoms with Crippen LogP contribution in [0.5, 0.6) is 0 Å². The van der Waals surface area contributed by atoms with Crippen LogP contribution >= 0.6 is 23.4 Å². The first-order valence-corrected chi connectivity index (χ1v) is 7.83. The Bertz CT molecular complexity index is 664. The number of nitrogens with zero attached hydrogens (tertiary/aromatic N) is 2. The summed E-state index contributed by atoms with van der Waals surface area (Å²) in [6.07, 6.45) is 1.37. The Morgan fingerprint density at radius 1 is 1.36 bits per heavy atom. The summed E-state index contributed by atoms with van der Waals surface area (Å²) in [6, 6.07) is 9.38. The lowest BCUT2D eigenvalue weighted by atomic mass is 10.2. The van der Waals surface area contributed by atoms with Gasteiger partial charge in [-0.1, -0.05) is 17.7 Å². The van der Waals surface area contributed by atoms with Gasteiger partial charge in [-0.05, 0) is 30.0 Å². The molecule has 0 spiro atoms. The minimum absolute atomic E-state index is 0.0804. The summed E-state index contributed by atoms with van der Waals surface area (Å²) >= 11 is 7.08. The molecule has 22 heavy (non-hydrogen) atoms. The van der Waals surface area contributed by atoms with Crippen LogP contribution in [0.4, 0.5) is 4.39 Å². The summed E-state index contributed by atoms with van der Waals surface area (Å²) in [5.41, 5.74) is 0.281. The van der Waals surface area contributed by atoms with Crippen LogP contribution in [0.1, 0.15) is 5.56 Å². The molecule has 0 bridgehead atoms. The van der Waals surface area contributed by atoms with Crippen molar-refractivity contribution in [1.29, 1.82) is 0 Å². The molecule has 1 heterocycles. The number of thioether (sulfide) groups is 1. The van der Waals surface area contributed by atoms with E-state index in [2.05, 4.69) is 0 Å². The number of halogens is 2. The second-order valence-corrected chi connectivity index (χ2v) is 6.01. The minimum atomic E-state index is -0.444. The molecule has 1 aromatic carbocycles. The van der Waals surface area contributed by atoms with Gasteiger partial charge in [0.15, 0.2) is 6.20 Å². The fraction of sp³-hybridized carbons (Fsp3) is 0.200. The SMILES string of the molecule is CN(Cc1c(F)cccc1Cl)C(=O)CSc1cccc[n+]1[O-]. The zero-order valence-corrected chi connectivity index (χ0v) is 13.4. The third-order valence-corrected chi connectivity index (χ3v) is 4.37. The van der Waals surface area contributed by atoms with Gasteiger partial charge in [-0.15, -0.1) is 0 Å². The van der Waals surface area contributed by atoms with Crippen LogP contribution in [0.2, 0.25) is 5.02 Å². The average Bonchev–Trinajstić information content (AvgIpc) is 2.49. The number of aromatic nitrogens is 1. The Morgan fingerprint density at radius 2 is 2.14 bits per heavy atom. The van der Waals surface area contributed by atoms with Crippen molar-refractivity contribution in [2.45, 2.75) is 11.6 Å². The highest BCUT2D eigenvalue weighted by Crippen LogP contribution is 2.21. The van der Waals surface area contributed by atoms with Crippen molar-refractivity contribution in [3.05, 3.63) is 64.2 Å². The van der Waals surface area contributed by atoms with Gasteiger partial charge in [0.05, 0.1) is 5.75 Å². The molecular formula is C15H14ClFN2O2S. The molecule has 0 unspecified atom stereocenters. The van der Waals surface area contributed by atoms with Crippen LogP contribution < -0.4 is 4.73 Å². The number of pyridine rings is 1. The van der Waals surface area contributed by atoms with Crippen LogP contribution in [-0.2, 0) is 11.3 Å². The van der Waals surface area contributed by atoms with E-state index in [1.807, 2.05) is 0 Å². The molecule has 1 aromatic heterocycles. The van der Waals surface area contributed by atoms with Crippen molar-refractivity contribution in [3.8, 4) is 0 Å². The van der Waals surface area contributed by atoms with Gasteiger partial charge < -0.3 is 10.1 Å². The molecule has 116 valence electrons. The molecule has 2 rings (SSSR count). The molecule has 0 fully saturated rings. The van der Waals surface area contributed by atoms with Gasteiger partial charge in [0.25, 0.3) is 5.03 Å². The smallest absolute Gasteiger partial charge is 0.251 e. The van der Waals surface area contributed by atoms with Gasteiger partial charge in [-0.2, -0.15) is 4.73 Å². The summed E-state index contributed by atoms with van der Waals surface area (Å²) in [7, 11) is 1.57. The molecule has 0 saturated heterocycles. The Balaban J connectivity index is 1.97. The maximum Gasteiger partial charge on any atom is 0.251 e. The lowest BCUT2D eigenvalue weighted by molar-refractivity contribution is -0.645. The second kappa shape index (κ2) is 7.47. The van der Waals surface area contributed by atoms with Gasteiger partial charge in [0.1, 0.15) is 5.82 Å². The maximum atomic E-state index is 13.7. The third-order valence-electron chi connectivity index (χ3n) is 3.01. The first-order chi connectivity index (χ1) is 10.5. The molecule has 4 nitrogen and oxygen atoms in total. The number of hydrogen-bond donors (Lipinski definition) is 0. The molecule has 0 aliphatic rings. The number of hydrogen-bond acceptors (Lipinski definition) is 3. The van der Waals surface area contributed by atoms with Crippen molar-refractivity contribution >= 4 is 29.3 Å². The van der Waals surface area contributed by atoms with Crippen LogP contribution in [0, 0.1) is 11.0 Å². The Kier molecular flexibility index (Phi) is 5.63. The van der Waals surface area contributed by atoms with Gasteiger partial charge in [0.2, 0.25) is 5.91 Å². The monoisotopic (exact) mass is 340 g/mol. The number of rotatable bonds is 5. The molecule has 0 radical (unpaired) electrons. The van der Waals surface area contributed by atoms with E-state index >= 15 is 0 Å². The third kappa shape index (κ3) is 4.11. The number of carbonyl (C=O) groups excluding carboxylic acids is 1. The van der Waals surface area contributed by atoms with Crippen molar-refractivity contribution < 1.29 is 13.9 Å². The van der Waals surface area contributed by atoms with E-state index in [0.29, 0.717) is 9.76 Å². The lowest BCUT2D eigenvalue weighted by Gasteiger charge is -2.18. The topological polar surface area (TPSA) is 47.2 Å². The van der Waals surface area contributed by atoms with Crippen LogP contribution in [0.25, 0.3) is 0 Å². The van der Waals surface area contributed by atoms with Crippen molar-refractivity contribution in [1.82, 2.24) is 4.90 Å². The zero-order valence-electron chi connectivity index (χ0n) is 11.8. The van der Waals surface area contributed by atoms with E-state index in [1.54, 1.807) is 31.3 Å². The van der Waals surface area contributed by atoms with Crippen LogP contribution in [-0.4, -0.2) is 23.6 Å². The first-order valence-electron chi connectivity index (χ1n) is 6.47. The van der Waals surface area contributed by atoms with Crippen LogP contribution in [0.15, 0.2) is 47.6 Å². The quantitative estimate of drug-likeness (QED) is 0.477. The van der Waals surface area contributed by atoms with E-state index in [1.165, 1.54) is 23.2 Å². The van der Waals surface area contributed by atoms with Crippen molar-refractivity contribution in [3.63, 3.8) is 0 Å². The summed E-state index contributed by atoms with van der Waals surface area (Å²) < 4.78 is 14.4. The molecule has 0 saturated carbocycles. The van der Waals surface area contributed by atoms with Gasteiger partial charge in [-0.3, -0.25) is 4.79 Å². The number of carbonyl (C=O) groups is 1. The van der Waals surface area contributed by atoms with Gasteiger partial charge in [-0.25, -0.2) is 4.39 Å². The fourth-order valence-electron chi connectivity index (χ4n) is 1.78. The Hall–Kier alpha value is -1.79. The Labute approximate surface area is 137 Å². The Morgan fingerprint density at radius 3 is 2.82 bits per heavy atom. The fourth-order valence-corrected chi connectivity index (χ4v) is 2.86. The average molecular weight is 341 g/mol. The predicted molar refractivity (Wildman–Crippen MR) is 84.0 cm³/mol. The minimum Gasteiger partial charge on any atom is -0.618 e. The molecule has 0 aliphatic heterocycles. The van der Waals surface area contributed by atoms with E-state index in [4.69, 9.17) is 11.6 Å². The highest BCUT2D eigenvalue weighted by atomic mass is 35.5. The van der Waals surface area contributed by atoms with Crippen molar-refractivity contribution in [2.24, 2.45) is 0 Å². The van der Waals surface area contributed by atoms with E-state index in [0.717, 1.165) is 11.8 Å². The summed E-state index contributed by atoms with van der Waals surface area (Å²) in [5.74, 6) is -0.567. The summed E-state index contributed by atoms with van der Waals surface area (Å²) in [6.45, 7) is 0.0804. The van der Waals surface area contributed by atoms with E-state index < -0.39 is 5.82 Å². The predicted octanol–water partition coefficient (Wildman–Crippen LogP) is 2.86.